The monoisotopic (exact) mass is 506 g/mol. The predicted octanol–water partition coefficient (Wildman–Crippen LogP) is 3.40. The number of halogens is 1. The van der Waals surface area contributed by atoms with Gasteiger partial charge in [-0.2, -0.15) is 0 Å². The van der Waals surface area contributed by atoms with Crippen LogP contribution in [0.1, 0.15) is 62.6 Å². The first-order chi connectivity index (χ1) is 14.6. The van der Waals surface area contributed by atoms with Crippen molar-refractivity contribution < 1.29 is 9.90 Å². The van der Waals surface area contributed by atoms with Gasteiger partial charge < -0.3 is 0 Å². The van der Waals surface area contributed by atoms with Crippen LogP contribution in [0.3, 0.4) is 0 Å². The van der Waals surface area contributed by atoms with E-state index in [1.165, 1.54) is 6.07 Å². The summed E-state index contributed by atoms with van der Waals surface area (Å²) in [6, 6.07) is 5.03. The van der Waals surface area contributed by atoms with Crippen LogP contribution in [0.5, 0.6) is 0 Å². The number of carboxylic acid groups (broad SMARTS) is 1. The molecule has 0 saturated heterocycles. The van der Waals surface area contributed by atoms with Crippen molar-refractivity contribution in [2.24, 2.45) is 5.73 Å². The molecule has 0 radical (unpaired) electrons. The first-order valence-corrected chi connectivity index (χ1v) is 13.1. The summed E-state index contributed by atoms with van der Waals surface area (Å²) in [5.41, 5.74) is 9.34. The molecular formula is C21H28AsClN6O2. The molecule has 4 N–H and O–H groups in total. The second kappa shape index (κ2) is 9.55. The Labute approximate surface area is 193 Å². The molecule has 31 heavy (non-hydrogen) atoms. The van der Waals surface area contributed by atoms with Gasteiger partial charge in [-0.3, -0.25) is 0 Å². The molecule has 0 fully saturated rings. The molecule has 1 aromatic rings. The van der Waals surface area contributed by atoms with Crippen molar-refractivity contribution in [1.82, 2.24) is 19.7 Å². The molecule has 2 aliphatic rings. The third kappa shape index (κ3) is 5.03. The van der Waals surface area contributed by atoms with Crippen molar-refractivity contribution in [3.05, 3.63) is 34.5 Å². The molecule has 0 aliphatic carbocycles. The van der Waals surface area contributed by atoms with Crippen molar-refractivity contribution in [3.63, 3.8) is 0 Å². The van der Waals surface area contributed by atoms with Crippen molar-refractivity contribution in [1.29, 1.82) is 0 Å². The number of aromatic carboxylic acids is 1. The fraction of sp³-hybridized carbons (Fsp3) is 0.429. The number of nitrogens with two attached hydrogens (primary N) is 1. The number of anilines is 2. The predicted molar refractivity (Wildman–Crippen MR) is 126 cm³/mol. The van der Waals surface area contributed by atoms with Crippen LogP contribution in [0.25, 0.3) is 11.4 Å². The normalized spacial score (nSPS) is 13.1. The van der Waals surface area contributed by atoms with Crippen molar-refractivity contribution >= 4 is 49.4 Å². The van der Waals surface area contributed by atoms with Gasteiger partial charge in [0.2, 0.25) is 0 Å². The van der Waals surface area contributed by atoms with Crippen LogP contribution in [-0.4, -0.2) is 52.6 Å². The van der Waals surface area contributed by atoms with Crippen molar-refractivity contribution in [2.75, 3.05) is 5.32 Å². The number of nitrogens with zero attached hydrogens (tertiary/aromatic N) is 4. The van der Waals surface area contributed by atoms with Crippen molar-refractivity contribution in [2.45, 2.75) is 57.8 Å². The van der Waals surface area contributed by atoms with Gasteiger partial charge in [-0.05, 0) is 0 Å². The summed E-state index contributed by atoms with van der Waals surface area (Å²) in [4.78, 5) is 16.2. The minimum atomic E-state index is -1.07. The number of carbonyl (C=O) groups is 1. The Morgan fingerprint density at radius 3 is 2.52 bits per heavy atom. The standard InChI is InChI=1S/C21H28AsClN6O2/c1-10(2)16-18-17(28-27-16)19(25-13-6-7-14(20(30)31)15(23)8-13)26-21(22-9-12(5)24)29(18)11(3)4/h6-8,10-12,22,25H,9,24H2,1-5H3,(H,30,31). The molecule has 0 spiro atoms. The molecule has 2 atom stereocenters. The van der Waals surface area contributed by atoms with E-state index in [0.717, 1.165) is 21.2 Å². The Morgan fingerprint density at radius 1 is 1.26 bits per heavy atom. The molecule has 0 amide bonds. The number of benzene rings is 1. The van der Waals surface area contributed by atoms with Gasteiger partial charge in [0.05, 0.1) is 0 Å². The van der Waals surface area contributed by atoms with Gasteiger partial charge in [0.15, 0.2) is 0 Å². The third-order valence-corrected chi connectivity index (χ3v) is 8.24. The second-order valence-corrected chi connectivity index (χ2v) is 11.1. The SMILES string of the molecule is CC(N)C[AsH]c1nc(Nc2ccc(C(=O)O)c(Cl)c2)c2nnc(C(C)C)c-2n1C(C)C. The number of aromatic nitrogens is 4. The Morgan fingerprint density at radius 2 is 1.97 bits per heavy atom. The summed E-state index contributed by atoms with van der Waals surface area (Å²) < 4.78 is 3.27. The van der Waals surface area contributed by atoms with Gasteiger partial charge in [0.25, 0.3) is 0 Å². The van der Waals surface area contributed by atoms with E-state index in [-0.39, 0.29) is 28.6 Å². The average Bonchev–Trinajstić information content (AvgIpc) is 3.11. The fourth-order valence-corrected chi connectivity index (χ4v) is 6.15. The third-order valence-electron chi connectivity index (χ3n) is 4.74. The molecule has 2 aliphatic heterocycles. The van der Waals surface area contributed by atoms with E-state index < -0.39 is 21.7 Å². The van der Waals surface area contributed by atoms with E-state index >= 15 is 0 Å². The van der Waals surface area contributed by atoms with E-state index in [4.69, 9.17) is 22.3 Å². The minimum absolute atomic E-state index is 0.0514. The number of hydrogen-bond donors (Lipinski definition) is 3. The van der Waals surface area contributed by atoms with E-state index in [9.17, 15) is 9.90 Å². The summed E-state index contributed by atoms with van der Waals surface area (Å²) in [7, 11) is 0. The van der Waals surface area contributed by atoms with Crippen LogP contribution in [0.2, 0.25) is 10.2 Å². The molecule has 166 valence electrons. The molecule has 2 unspecified atom stereocenters. The van der Waals surface area contributed by atoms with Crippen LogP contribution >= 0.6 is 11.6 Å². The fourth-order valence-electron chi connectivity index (χ4n) is 3.29. The maximum atomic E-state index is 11.3. The van der Waals surface area contributed by atoms with Crippen molar-refractivity contribution in [3.8, 4) is 11.4 Å². The topological polar surface area (TPSA) is 119 Å². The number of rotatable bonds is 8. The van der Waals surface area contributed by atoms with Gasteiger partial charge in [-0.25, -0.2) is 0 Å². The van der Waals surface area contributed by atoms with Gasteiger partial charge in [0.1, 0.15) is 0 Å². The molecule has 0 aromatic heterocycles. The first-order valence-electron chi connectivity index (χ1n) is 10.2. The van der Waals surface area contributed by atoms with Gasteiger partial charge in [0, 0.05) is 0 Å². The first kappa shape index (κ1) is 23.5. The zero-order chi connectivity index (χ0) is 22.9. The second-order valence-electron chi connectivity index (χ2n) is 8.17. The van der Waals surface area contributed by atoms with Gasteiger partial charge >= 0.3 is 194 Å². The Hall–Kier alpha value is -2.15. The summed E-state index contributed by atoms with van der Waals surface area (Å²) in [5, 5.41) is 22.5. The number of nitrogens with one attached hydrogen (secondary N) is 1. The van der Waals surface area contributed by atoms with Crippen LogP contribution in [-0.2, 0) is 0 Å². The van der Waals surface area contributed by atoms with Crippen LogP contribution < -0.4 is 15.7 Å². The Balaban J connectivity index is 2.14. The summed E-state index contributed by atoms with van der Waals surface area (Å²) in [6.45, 7) is 10.5. The number of fused-ring (bicyclic) bond motifs is 1. The van der Waals surface area contributed by atoms with Crippen LogP contribution in [0, 0.1) is 0 Å². The maximum absolute atomic E-state index is 11.3. The molecule has 0 saturated carbocycles. The molecule has 10 heteroatoms. The Kier molecular flexibility index (Phi) is 7.24. The van der Waals surface area contributed by atoms with E-state index in [2.05, 4.69) is 47.8 Å². The summed E-state index contributed by atoms with van der Waals surface area (Å²) >= 11 is 5.56. The van der Waals surface area contributed by atoms with E-state index in [0.29, 0.717) is 17.2 Å². The molecule has 2 heterocycles. The molecular weight excluding hydrogens is 479 g/mol. The average molecular weight is 507 g/mol. The van der Waals surface area contributed by atoms with Crippen LogP contribution in [0.4, 0.5) is 11.5 Å². The zero-order valence-electron chi connectivity index (χ0n) is 18.3. The van der Waals surface area contributed by atoms with Crippen LogP contribution in [0.15, 0.2) is 18.2 Å². The summed E-state index contributed by atoms with van der Waals surface area (Å²) in [5.74, 6) is -0.272. The molecule has 8 nitrogen and oxygen atoms in total. The van der Waals surface area contributed by atoms with E-state index in [1.54, 1.807) is 12.1 Å². The number of hydrogen-bond acceptors (Lipinski definition) is 6. The number of carboxylic acids is 1. The summed E-state index contributed by atoms with van der Waals surface area (Å²) in [6.07, 6.45) is 0. The molecule has 0 bridgehead atoms. The molecule has 1 aromatic carbocycles. The van der Waals surface area contributed by atoms with E-state index in [1.807, 2.05) is 6.92 Å². The molecule has 3 rings (SSSR count). The Bertz CT molecular complexity index is 1070. The van der Waals surface area contributed by atoms with Gasteiger partial charge in [-0.1, -0.05) is 0 Å². The quantitative estimate of drug-likeness (QED) is 0.401. The van der Waals surface area contributed by atoms with Gasteiger partial charge in [-0.15, -0.1) is 0 Å². The zero-order valence-corrected chi connectivity index (χ0v) is 21.1.